The number of Topliss-reactive ketones (excluding diaryl/α,β-unsaturated/α-hetero) is 1. The zero-order valence-corrected chi connectivity index (χ0v) is 20.0. The van der Waals surface area contributed by atoms with E-state index in [1.807, 2.05) is 41.3 Å². The van der Waals surface area contributed by atoms with Gasteiger partial charge in [0.05, 0.1) is 5.57 Å². The Morgan fingerprint density at radius 2 is 1.76 bits per heavy atom. The molecule has 1 aromatic heterocycles. The summed E-state index contributed by atoms with van der Waals surface area (Å²) in [6.07, 6.45) is 6.67. The van der Waals surface area contributed by atoms with Gasteiger partial charge in [0.1, 0.15) is 23.1 Å². The van der Waals surface area contributed by atoms with Gasteiger partial charge in [0, 0.05) is 53.6 Å². The van der Waals surface area contributed by atoms with Crippen LogP contribution in [0.25, 0.3) is 5.82 Å². The van der Waals surface area contributed by atoms with Gasteiger partial charge in [0.2, 0.25) is 5.91 Å². The highest BCUT2D eigenvalue weighted by Crippen LogP contribution is 2.58. The lowest BCUT2D eigenvalue weighted by atomic mass is 9.63. The Hall–Kier alpha value is -4.70. The van der Waals surface area contributed by atoms with Gasteiger partial charge in [-0.15, -0.1) is 6.58 Å². The number of halogens is 1. The summed E-state index contributed by atoms with van der Waals surface area (Å²) in [6, 6.07) is 19.3. The first kappa shape index (κ1) is 22.7. The summed E-state index contributed by atoms with van der Waals surface area (Å²) in [5, 5.41) is 10.8. The third-order valence-electron chi connectivity index (χ3n) is 7.36. The molecule has 0 saturated carbocycles. The van der Waals surface area contributed by atoms with E-state index in [0.29, 0.717) is 46.9 Å². The summed E-state index contributed by atoms with van der Waals surface area (Å²) in [5.41, 5.74) is 1.45. The van der Waals surface area contributed by atoms with Crippen LogP contribution in [0.1, 0.15) is 24.8 Å². The second kappa shape index (κ2) is 8.45. The molecular weight excluding hydrogens is 467 g/mol. The number of fused-ring (bicyclic) bond motifs is 3. The topological polar surface area (TPSA) is 69.3 Å². The molecule has 0 radical (unpaired) electrons. The Bertz CT molecular complexity index is 1560. The smallest absolute Gasteiger partial charge is 0.248 e. The van der Waals surface area contributed by atoms with Crippen molar-refractivity contribution in [2.24, 2.45) is 0 Å². The molecule has 2 aromatic carbocycles. The van der Waals surface area contributed by atoms with Gasteiger partial charge in [-0.3, -0.25) is 14.5 Å². The minimum absolute atomic E-state index is 0.156. The first-order valence-electron chi connectivity index (χ1n) is 12.2. The van der Waals surface area contributed by atoms with Crippen molar-refractivity contribution in [3.63, 3.8) is 0 Å². The summed E-state index contributed by atoms with van der Waals surface area (Å²) in [6.45, 7) is 4.07. The molecule has 3 aliphatic rings. The van der Waals surface area contributed by atoms with Gasteiger partial charge < -0.3 is 9.47 Å². The number of nitriles is 1. The van der Waals surface area contributed by atoms with Crippen molar-refractivity contribution in [2.75, 3.05) is 16.3 Å². The van der Waals surface area contributed by atoms with Crippen LogP contribution in [-0.2, 0) is 15.0 Å². The number of carbonyl (C=O) groups excluding carboxylic acids is 2. The normalized spacial score (nSPS) is 20.9. The van der Waals surface area contributed by atoms with Gasteiger partial charge in [-0.2, -0.15) is 5.26 Å². The van der Waals surface area contributed by atoms with E-state index in [1.54, 1.807) is 40.1 Å². The Kier molecular flexibility index (Phi) is 5.20. The largest absolute Gasteiger partial charge is 0.309 e. The molecule has 3 aromatic rings. The first-order valence-corrected chi connectivity index (χ1v) is 12.2. The van der Waals surface area contributed by atoms with Crippen molar-refractivity contribution in [3.05, 3.63) is 114 Å². The number of benzene rings is 2. The van der Waals surface area contributed by atoms with Gasteiger partial charge in [0.15, 0.2) is 5.78 Å². The van der Waals surface area contributed by atoms with Crippen molar-refractivity contribution in [3.8, 4) is 6.07 Å². The lowest BCUT2D eigenvalue weighted by Crippen LogP contribution is -2.51. The number of aromatic nitrogens is 1. The molecule has 6 rings (SSSR count). The van der Waals surface area contributed by atoms with E-state index in [2.05, 4.69) is 12.6 Å². The summed E-state index contributed by atoms with van der Waals surface area (Å²) in [5.74, 6) is -0.429. The van der Waals surface area contributed by atoms with Crippen LogP contribution in [0.2, 0.25) is 0 Å². The Morgan fingerprint density at radius 3 is 2.46 bits per heavy atom. The number of rotatable bonds is 4. The molecule has 1 spiro atoms. The predicted molar refractivity (Wildman–Crippen MR) is 139 cm³/mol. The van der Waals surface area contributed by atoms with Crippen LogP contribution in [0.5, 0.6) is 0 Å². The fraction of sp³-hybridized carbons (Fsp3) is 0.167. The second-order valence-electron chi connectivity index (χ2n) is 9.28. The molecule has 7 heteroatoms. The minimum Gasteiger partial charge on any atom is -0.309 e. The highest BCUT2D eigenvalue weighted by molar-refractivity contribution is 6.22. The third kappa shape index (κ3) is 3.02. The molecular formula is C30H23FN4O2. The molecule has 37 heavy (non-hydrogen) atoms. The maximum absolute atomic E-state index is 14.5. The lowest BCUT2D eigenvalue weighted by Gasteiger charge is -2.45. The Labute approximate surface area is 213 Å². The van der Waals surface area contributed by atoms with Gasteiger partial charge in [0.25, 0.3) is 0 Å². The van der Waals surface area contributed by atoms with E-state index in [1.165, 1.54) is 12.1 Å². The molecule has 0 saturated heterocycles. The molecule has 1 aliphatic carbocycles. The van der Waals surface area contributed by atoms with Gasteiger partial charge in [-0.25, -0.2) is 4.39 Å². The van der Waals surface area contributed by atoms with E-state index < -0.39 is 11.2 Å². The number of nitrogens with zero attached hydrogens (tertiary/aromatic N) is 4. The molecule has 3 heterocycles. The molecule has 182 valence electrons. The quantitative estimate of drug-likeness (QED) is 0.465. The van der Waals surface area contributed by atoms with E-state index in [-0.39, 0.29) is 30.2 Å². The SMILES string of the molecule is C=CCN1C(=O)[C@]2(C(C#N)=C(n3cccc3)N(c3ccc(F)cc3)C3=C2C(=O)CCC3)c2ccccc21. The van der Waals surface area contributed by atoms with E-state index >= 15 is 0 Å². The van der Waals surface area contributed by atoms with E-state index in [9.17, 15) is 19.2 Å². The molecule has 0 bridgehead atoms. The predicted octanol–water partition coefficient (Wildman–Crippen LogP) is 5.32. The molecule has 0 N–H and O–H groups in total. The van der Waals surface area contributed by atoms with Crippen molar-refractivity contribution < 1.29 is 14.0 Å². The number of allylic oxidation sites excluding steroid dienone is 1. The van der Waals surface area contributed by atoms with Crippen LogP contribution in [0, 0.1) is 17.1 Å². The molecule has 2 aliphatic heterocycles. The van der Waals surface area contributed by atoms with Crippen LogP contribution in [-0.4, -0.2) is 22.8 Å². The monoisotopic (exact) mass is 490 g/mol. The summed E-state index contributed by atoms with van der Waals surface area (Å²) in [4.78, 5) is 31.8. The van der Waals surface area contributed by atoms with Crippen LogP contribution >= 0.6 is 0 Å². The first-order chi connectivity index (χ1) is 18.0. The van der Waals surface area contributed by atoms with Gasteiger partial charge in [-0.05, 0) is 55.3 Å². The average molecular weight is 491 g/mol. The number of anilines is 2. The zero-order valence-electron chi connectivity index (χ0n) is 20.0. The van der Waals surface area contributed by atoms with Crippen LogP contribution in [0.4, 0.5) is 15.8 Å². The van der Waals surface area contributed by atoms with Crippen molar-refractivity contribution >= 4 is 28.9 Å². The molecule has 0 unspecified atom stereocenters. The number of ketones is 1. The zero-order chi connectivity index (χ0) is 25.7. The maximum Gasteiger partial charge on any atom is 0.248 e. The number of hydrogen-bond acceptors (Lipinski definition) is 4. The number of amides is 1. The number of para-hydroxylation sites is 1. The van der Waals surface area contributed by atoms with Crippen molar-refractivity contribution in [2.45, 2.75) is 24.7 Å². The second-order valence-corrected chi connectivity index (χ2v) is 9.28. The Balaban J connectivity index is 1.78. The van der Waals surface area contributed by atoms with Gasteiger partial charge in [-0.1, -0.05) is 24.3 Å². The minimum atomic E-state index is -1.59. The van der Waals surface area contributed by atoms with E-state index in [4.69, 9.17) is 0 Å². The summed E-state index contributed by atoms with van der Waals surface area (Å²) in [7, 11) is 0. The lowest BCUT2D eigenvalue weighted by molar-refractivity contribution is -0.124. The third-order valence-corrected chi connectivity index (χ3v) is 7.36. The highest BCUT2D eigenvalue weighted by atomic mass is 19.1. The summed E-state index contributed by atoms with van der Waals surface area (Å²) < 4.78 is 15.7. The van der Waals surface area contributed by atoms with Crippen LogP contribution in [0.3, 0.4) is 0 Å². The van der Waals surface area contributed by atoms with E-state index in [0.717, 1.165) is 0 Å². The molecule has 6 nitrogen and oxygen atoms in total. The van der Waals surface area contributed by atoms with Crippen molar-refractivity contribution in [1.82, 2.24) is 4.57 Å². The standard InChI is InChI=1S/C30H23FN4O2/c1-2-16-34-24-9-4-3-8-22(24)30(29(34)37)23(19-32)28(33-17-5-6-18-33)35(21-14-12-20(31)13-15-21)25-10-7-11-26(36)27(25)30/h2-6,8-9,12-15,17-18H,1,7,10-11,16H2/t30-/m0/s1. The van der Waals surface area contributed by atoms with Crippen molar-refractivity contribution in [1.29, 1.82) is 5.26 Å². The van der Waals surface area contributed by atoms with Crippen LogP contribution < -0.4 is 9.80 Å². The maximum atomic E-state index is 14.5. The number of hydrogen-bond donors (Lipinski definition) is 0. The molecule has 0 fully saturated rings. The summed E-state index contributed by atoms with van der Waals surface area (Å²) >= 11 is 0. The van der Waals surface area contributed by atoms with Crippen LogP contribution in [0.15, 0.2) is 103 Å². The fourth-order valence-corrected chi connectivity index (χ4v) is 5.98. The number of carbonyl (C=O) groups is 2. The Morgan fingerprint density at radius 1 is 1.03 bits per heavy atom. The van der Waals surface area contributed by atoms with Gasteiger partial charge >= 0.3 is 0 Å². The molecule has 1 amide bonds. The fourth-order valence-electron chi connectivity index (χ4n) is 5.98. The molecule has 1 atom stereocenters. The highest BCUT2D eigenvalue weighted by Gasteiger charge is 2.62. The average Bonchev–Trinajstić information content (AvgIpc) is 3.52.